The Morgan fingerprint density at radius 2 is 2.19 bits per heavy atom. The fraction of sp³-hybridized carbons (Fsp3) is 0.467. The predicted molar refractivity (Wildman–Crippen MR) is 76.9 cm³/mol. The number of hydrogen-bond acceptors (Lipinski definition) is 2. The van der Waals surface area contributed by atoms with Crippen molar-refractivity contribution in [3.8, 4) is 0 Å². The second-order valence-electron chi connectivity index (χ2n) is 5.39. The van der Waals surface area contributed by atoms with Crippen molar-refractivity contribution >= 4 is 23.5 Å². The van der Waals surface area contributed by atoms with Crippen LogP contribution in [0, 0.1) is 11.2 Å². The van der Waals surface area contributed by atoms with Crippen LogP contribution in [0.1, 0.15) is 36.5 Å². The minimum atomic E-state index is -0.934. The van der Waals surface area contributed by atoms with Crippen LogP contribution in [0.2, 0.25) is 5.02 Å². The molecule has 1 atom stereocenters. The van der Waals surface area contributed by atoms with Crippen LogP contribution in [0.4, 0.5) is 4.39 Å². The number of carbonyl (C=O) groups is 2. The van der Waals surface area contributed by atoms with Gasteiger partial charge >= 0.3 is 5.97 Å². The average molecular weight is 314 g/mol. The quantitative estimate of drug-likeness (QED) is 0.932. The van der Waals surface area contributed by atoms with Crippen LogP contribution < -0.4 is 0 Å². The number of rotatable bonds is 3. The Bertz CT molecular complexity index is 578. The van der Waals surface area contributed by atoms with Crippen LogP contribution in [0.5, 0.6) is 0 Å². The summed E-state index contributed by atoms with van der Waals surface area (Å²) in [4.78, 5) is 25.3. The maximum absolute atomic E-state index is 13.8. The van der Waals surface area contributed by atoms with E-state index in [1.54, 1.807) is 6.92 Å². The van der Waals surface area contributed by atoms with Crippen molar-refractivity contribution in [2.45, 2.75) is 26.2 Å². The van der Waals surface area contributed by atoms with Crippen LogP contribution in [0.15, 0.2) is 18.2 Å². The molecule has 0 saturated carbocycles. The molecule has 0 radical (unpaired) electrons. The molecule has 1 N–H and O–H groups in total. The molecule has 4 nitrogen and oxygen atoms in total. The fourth-order valence-corrected chi connectivity index (χ4v) is 2.91. The monoisotopic (exact) mass is 313 g/mol. The van der Waals surface area contributed by atoms with Crippen LogP contribution in [0.3, 0.4) is 0 Å². The molecule has 21 heavy (non-hydrogen) atoms. The first-order valence-electron chi connectivity index (χ1n) is 6.87. The summed E-state index contributed by atoms with van der Waals surface area (Å²) < 4.78 is 13.8. The molecule has 0 spiro atoms. The second-order valence-corrected chi connectivity index (χ2v) is 5.83. The van der Waals surface area contributed by atoms with E-state index in [0.29, 0.717) is 25.8 Å². The van der Waals surface area contributed by atoms with Gasteiger partial charge in [-0.1, -0.05) is 18.5 Å². The van der Waals surface area contributed by atoms with Crippen LogP contribution in [-0.2, 0) is 4.79 Å². The van der Waals surface area contributed by atoms with Crippen molar-refractivity contribution in [3.63, 3.8) is 0 Å². The zero-order valence-electron chi connectivity index (χ0n) is 11.7. The lowest BCUT2D eigenvalue weighted by atomic mass is 9.77. The van der Waals surface area contributed by atoms with Gasteiger partial charge in [-0.3, -0.25) is 9.59 Å². The molecule has 114 valence electrons. The molecule has 1 fully saturated rings. The zero-order chi connectivity index (χ0) is 15.6. The maximum Gasteiger partial charge on any atom is 0.311 e. The Morgan fingerprint density at radius 1 is 1.48 bits per heavy atom. The molecule has 0 aromatic heterocycles. The third kappa shape index (κ3) is 3.02. The lowest BCUT2D eigenvalue weighted by Gasteiger charge is -2.39. The van der Waals surface area contributed by atoms with Crippen molar-refractivity contribution in [2.75, 3.05) is 13.1 Å². The highest BCUT2D eigenvalue weighted by molar-refractivity contribution is 6.30. The largest absolute Gasteiger partial charge is 0.481 e. The van der Waals surface area contributed by atoms with Crippen molar-refractivity contribution in [1.29, 1.82) is 0 Å². The number of piperidine rings is 1. The van der Waals surface area contributed by atoms with E-state index < -0.39 is 23.1 Å². The molecule has 1 aromatic carbocycles. The molecule has 1 saturated heterocycles. The van der Waals surface area contributed by atoms with E-state index in [1.165, 1.54) is 17.0 Å². The predicted octanol–water partition coefficient (Wildman–Crippen LogP) is 3.20. The number of carboxylic acids is 1. The van der Waals surface area contributed by atoms with E-state index in [9.17, 15) is 19.1 Å². The van der Waals surface area contributed by atoms with Gasteiger partial charge in [-0.05, 0) is 37.5 Å². The van der Waals surface area contributed by atoms with Crippen molar-refractivity contribution in [1.82, 2.24) is 4.90 Å². The van der Waals surface area contributed by atoms with Gasteiger partial charge in [0.15, 0.2) is 0 Å². The second kappa shape index (κ2) is 6.02. The molecule has 0 aliphatic carbocycles. The first-order chi connectivity index (χ1) is 9.89. The Morgan fingerprint density at radius 3 is 2.76 bits per heavy atom. The highest BCUT2D eigenvalue weighted by atomic mass is 35.5. The third-order valence-electron chi connectivity index (χ3n) is 4.16. The number of likely N-dealkylation sites (tertiary alicyclic amines) is 1. The van der Waals surface area contributed by atoms with Gasteiger partial charge in [0.05, 0.1) is 11.0 Å². The van der Waals surface area contributed by atoms with Gasteiger partial charge in [0.1, 0.15) is 5.82 Å². The molecule has 1 amide bonds. The smallest absolute Gasteiger partial charge is 0.311 e. The molecular weight excluding hydrogens is 297 g/mol. The zero-order valence-corrected chi connectivity index (χ0v) is 12.5. The van der Waals surface area contributed by atoms with Gasteiger partial charge in [-0.15, -0.1) is 0 Å². The summed E-state index contributed by atoms with van der Waals surface area (Å²) >= 11 is 5.67. The fourth-order valence-electron chi connectivity index (χ4n) is 2.75. The number of carbonyl (C=O) groups excluding carboxylic acids is 1. The number of halogens is 2. The number of amides is 1. The number of nitrogens with zero attached hydrogens (tertiary/aromatic N) is 1. The summed E-state index contributed by atoms with van der Waals surface area (Å²) in [5.41, 5.74) is -1.01. The summed E-state index contributed by atoms with van der Waals surface area (Å²) in [5, 5.41) is 9.64. The van der Waals surface area contributed by atoms with Gasteiger partial charge in [-0.25, -0.2) is 4.39 Å². The van der Waals surface area contributed by atoms with Gasteiger partial charge in [0.2, 0.25) is 0 Å². The highest BCUT2D eigenvalue weighted by Gasteiger charge is 2.42. The van der Waals surface area contributed by atoms with Crippen LogP contribution in [0.25, 0.3) is 0 Å². The minimum absolute atomic E-state index is 0.0725. The molecule has 1 heterocycles. The summed E-state index contributed by atoms with van der Waals surface area (Å²) in [6, 6.07) is 3.87. The van der Waals surface area contributed by atoms with E-state index in [-0.39, 0.29) is 17.1 Å². The van der Waals surface area contributed by atoms with Crippen LogP contribution in [-0.4, -0.2) is 35.0 Å². The highest BCUT2D eigenvalue weighted by Crippen LogP contribution is 2.34. The molecule has 1 aliphatic heterocycles. The Hall–Kier alpha value is -1.62. The first-order valence-corrected chi connectivity index (χ1v) is 7.25. The Kier molecular flexibility index (Phi) is 4.52. The summed E-state index contributed by atoms with van der Waals surface area (Å²) in [5.74, 6) is -2.07. The lowest BCUT2D eigenvalue weighted by Crippen LogP contribution is -2.49. The molecule has 6 heteroatoms. The summed E-state index contributed by atoms with van der Waals surface area (Å²) in [7, 11) is 0. The standard InChI is InChI=1S/C15H17ClFNO3/c1-2-15(14(20)21)6-3-7-18(9-15)13(19)11-5-4-10(16)8-12(11)17/h4-5,8H,2-3,6-7,9H2,1H3,(H,20,21). The number of hydrogen-bond donors (Lipinski definition) is 1. The van der Waals surface area contributed by atoms with E-state index in [0.717, 1.165) is 6.07 Å². The van der Waals surface area contributed by atoms with Crippen molar-refractivity contribution in [3.05, 3.63) is 34.6 Å². The normalized spacial score (nSPS) is 22.1. The van der Waals surface area contributed by atoms with Crippen molar-refractivity contribution in [2.24, 2.45) is 5.41 Å². The molecule has 1 aromatic rings. The Balaban J connectivity index is 2.25. The number of aliphatic carboxylic acids is 1. The van der Waals surface area contributed by atoms with Crippen molar-refractivity contribution < 1.29 is 19.1 Å². The third-order valence-corrected chi connectivity index (χ3v) is 4.39. The first kappa shape index (κ1) is 15.8. The lowest BCUT2D eigenvalue weighted by molar-refractivity contribution is -0.152. The molecular formula is C15H17ClFNO3. The SMILES string of the molecule is CCC1(C(=O)O)CCCN(C(=O)c2ccc(Cl)cc2F)C1. The maximum atomic E-state index is 13.8. The van der Waals surface area contributed by atoms with Gasteiger partial charge in [-0.2, -0.15) is 0 Å². The summed E-state index contributed by atoms with van der Waals surface area (Å²) in [6.45, 7) is 2.35. The topological polar surface area (TPSA) is 57.6 Å². The van der Waals surface area contributed by atoms with E-state index in [2.05, 4.69) is 0 Å². The summed E-state index contributed by atoms with van der Waals surface area (Å²) in [6.07, 6.45) is 1.57. The number of carboxylic acid groups (broad SMARTS) is 1. The van der Waals surface area contributed by atoms with E-state index >= 15 is 0 Å². The minimum Gasteiger partial charge on any atom is -0.481 e. The van der Waals surface area contributed by atoms with Crippen LogP contribution >= 0.6 is 11.6 Å². The van der Waals surface area contributed by atoms with E-state index in [4.69, 9.17) is 11.6 Å². The average Bonchev–Trinajstić information content (AvgIpc) is 2.46. The van der Waals surface area contributed by atoms with Gasteiger partial charge < -0.3 is 10.0 Å². The van der Waals surface area contributed by atoms with Gasteiger partial charge in [0.25, 0.3) is 5.91 Å². The van der Waals surface area contributed by atoms with Gasteiger partial charge in [0, 0.05) is 18.1 Å². The molecule has 2 rings (SSSR count). The Labute approximate surface area is 127 Å². The molecule has 1 unspecified atom stereocenters. The van der Waals surface area contributed by atoms with E-state index in [1.807, 2.05) is 0 Å². The number of benzene rings is 1. The molecule has 1 aliphatic rings. The molecule has 0 bridgehead atoms.